The van der Waals surface area contributed by atoms with Crippen LogP contribution in [0.1, 0.15) is 12.0 Å². The van der Waals surface area contributed by atoms with Gasteiger partial charge < -0.3 is 5.11 Å². The third-order valence-corrected chi connectivity index (χ3v) is 4.55. The summed E-state index contributed by atoms with van der Waals surface area (Å²) in [6, 6.07) is 20.3. The predicted octanol–water partition coefficient (Wildman–Crippen LogP) is 4.80. The number of thioether (sulfide) groups is 1. The SMILES string of the molecule is C=CCC(/C=C/c1ccccc1)(CO)Sc1ccccc1. The van der Waals surface area contributed by atoms with E-state index in [-0.39, 0.29) is 11.4 Å². The van der Waals surface area contributed by atoms with Gasteiger partial charge in [-0.1, -0.05) is 66.8 Å². The summed E-state index contributed by atoms with van der Waals surface area (Å²) in [6.45, 7) is 3.90. The lowest BCUT2D eigenvalue weighted by atomic mass is 10.0. The number of hydrogen-bond acceptors (Lipinski definition) is 2. The van der Waals surface area contributed by atoms with Crippen LogP contribution in [0.2, 0.25) is 0 Å². The van der Waals surface area contributed by atoms with Gasteiger partial charge in [-0.05, 0) is 24.1 Å². The molecule has 0 radical (unpaired) electrons. The summed E-state index contributed by atoms with van der Waals surface area (Å²) in [4.78, 5) is 1.14. The lowest BCUT2D eigenvalue weighted by Gasteiger charge is -2.26. The van der Waals surface area contributed by atoms with Crippen LogP contribution in [0.25, 0.3) is 6.08 Å². The molecule has 0 amide bonds. The average Bonchev–Trinajstić information content (AvgIpc) is 2.55. The molecule has 0 spiro atoms. The van der Waals surface area contributed by atoms with E-state index >= 15 is 0 Å². The van der Waals surface area contributed by atoms with Gasteiger partial charge in [-0.15, -0.1) is 18.3 Å². The van der Waals surface area contributed by atoms with Crippen LogP contribution in [0.5, 0.6) is 0 Å². The maximum Gasteiger partial charge on any atom is 0.0654 e. The Morgan fingerprint density at radius 2 is 1.62 bits per heavy atom. The Morgan fingerprint density at radius 3 is 2.19 bits per heavy atom. The lowest BCUT2D eigenvalue weighted by molar-refractivity contribution is 0.270. The smallest absolute Gasteiger partial charge is 0.0654 e. The molecule has 0 saturated carbocycles. The maximum atomic E-state index is 9.93. The quantitative estimate of drug-likeness (QED) is 0.585. The second-order valence-electron chi connectivity index (χ2n) is 4.87. The van der Waals surface area contributed by atoms with E-state index < -0.39 is 0 Å². The van der Waals surface area contributed by atoms with Crippen molar-refractivity contribution in [3.8, 4) is 0 Å². The number of benzene rings is 2. The summed E-state index contributed by atoms with van der Waals surface area (Å²) in [5.74, 6) is 0. The van der Waals surface area contributed by atoms with Crippen molar-refractivity contribution >= 4 is 17.8 Å². The molecule has 0 heterocycles. The van der Waals surface area contributed by atoms with Crippen LogP contribution in [0.4, 0.5) is 0 Å². The highest BCUT2D eigenvalue weighted by Gasteiger charge is 2.26. The molecular weight excluding hydrogens is 276 g/mol. The van der Waals surface area contributed by atoms with Gasteiger partial charge in [0.05, 0.1) is 11.4 Å². The first kappa shape index (κ1) is 15.6. The van der Waals surface area contributed by atoms with E-state index in [9.17, 15) is 5.11 Å². The largest absolute Gasteiger partial charge is 0.395 e. The van der Waals surface area contributed by atoms with Crippen molar-refractivity contribution in [2.24, 2.45) is 0 Å². The number of aliphatic hydroxyl groups is 1. The van der Waals surface area contributed by atoms with Gasteiger partial charge >= 0.3 is 0 Å². The second-order valence-corrected chi connectivity index (χ2v) is 6.36. The Morgan fingerprint density at radius 1 is 1.00 bits per heavy atom. The fraction of sp³-hybridized carbons (Fsp3) is 0.158. The average molecular weight is 296 g/mol. The van der Waals surface area contributed by atoms with Gasteiger partial charge in [0.1, 0.15) is 0 Å². The van der Waals surface area contributed by atoms with Crippen molar-refractivity contribution in [3.05, 3.63) is 85.0 Å². The molecule has 2 aromatic rings. The molecule has 2 heteroatoms. The maximum absolute atomic E-state index is 9.93. The summed E-state index contributed by atoms with van der Waals surface area (Å²) in [6.07, 6.45) is 6.73. The van der Waals surface area contributed by atoms with Crippen LogP contribution in [0.3, 0.4) is 0 Å². The van der Waals surface area contributed by atoms with E-state index in [2.05, 4.69) is 43.0 Å². The van der Waals surface area contributed by atoms with Crippen LogP contribution < -0.4 is 0 Å². The van der Waals surface area contributed by atoms with E-state index in [1.165, 1.54) is 0 Å². The minimum atomic E-state index is -0.376. The molecule has 1 atom stereocenters. The lowest BCUT2D eigenvalue weighted by Crippen LogP contribution is -2.26. The van der Waals surface area contributed by atoms with Crippen molar-refractivity contribution in [3.63, 3.8) is 0 Å². The number of allylic oxidation sites excluding steroid dienone is 1. The second kappa shape index (κ2) is 7.87. The van der Waals surface area contributed by atoms with Crippen molar-refractivity contribution in [1.82, 2.24) is 0 Å². The summed E-state index contributed by atoms with van der Waals surface area (Å²) in [5.41, 5.74) is 1.13. The zero-order valence-corrected chi connectivity index (χ0v) is 12.8. The molecule has 0 bridgehead atoms. The Hall–Kier alpha value is -1.77. The molecule has 2 aromatic carbocycles. The molecule has 0 fully saturated rings. The van der Waals surface area contributed by atoms with E-state index in [0.717, 1.165) is 10.5 Å². The molecule has 2 rings (SSSR count). The molecule has 1 N–H and O–H groups in total. The van der Waals surface area contributed by atoms with Crippen molar-refractivity contribution in [2.45, 2.75) is 16.1 Å². The minimum Gasteiger partial charge on any atom is -0.395 e. The Kier molecular flexibility index (Phi) is 5.85. The molecule has 0 aliphatic heterocycles. The first-order chi connectivity index (χ1) is 10.3. The monoisotopic (exact) mass is 296 g/mol. The van der Waals surface area contributed by atoms with Gasteiger partial charge in [0, 0.05) is 4.90 Å². The number of hydrogen-bond donors (Lipinski definition) is 1. The van der Waals surface area contributed by atoms with E-state index in [4.69, 9.17) is 0 Å². The van der Waals surface area contributed by atoms with Gasteiger partial charge in [-0.25, -0.2) is 0 Å². The third kappa shape index (κ3) is 4.62. The van der Waals surface area contributed by atoms with Crippen LogP contribution in [-0.2, 0) is 0 Å². The molecule has 0 aliphatic carbocycles. The van der Waals surface area contributed by atoms with Crippen LogP contribution >= 0.6 is 11.8 Å². The van der Waals surface area contributed by atoms with Gasteiger partial charge in [0.25, 0.3) is 0 Å². The molecular formula is C19H20OS. The summed E-state index contributed by atoms with van der Waals surface area (Å²) < 4.78 is -0.376. The zero-order chi connectivity index (χ0) is 15.0. The molecule has 1 unspecified atom stereocenters. The van der Waals surface area contributed by atoms with Gasteiger partial charge in [-0.3, -0.25) is 0 Å². The summed E-state index contributed by atoms with van der Waals surface area (Å²) in [5, 5.41) is 9.93. The van der Waals surface area contributed by atoms with Crippen molar-refractivity contribution in [1.29, 1.82) is 0 Å². The fourth-order valence-electron chi connectivity index (χ4n) is 2.07. The molecule has 1 nitrogen and oxygen atoms in total. The van der Waals surface area contributed by atoms with Crippen LogP contribution in [0.15, 0.2) is 84.3 Å². The van der Waals surface area contributed by atoms with Crippen LogP contribution in [-0.4, -0.2) is 16.5 Å². The molecule has 0 aliphatic rings. The van der Waals surface area contributed by atoms with Gasteiger partial charge in [-0.2, -0.15) is 0 Å². The number of aliphatic hydroxyl groups excluding tert-OH is 1. The van der Waals surface area contributed by atoms with E-state index in [1.807, 2.05) is 42.5 Å². The standard InChI is InChI=1S/C19H20OS/c1-2-14-19(16-20,21-18-11-7-4-8-12-18)15-13-17-9-5-3-6-10-17/h2-13,15,20H,1,14,16H2/b15-13+. The van der Waals surface area contributed by atoms with Gasteiger partial charge in [0.15, 0.2) is 0 Å². The normalized spacial score (nSPS) is 14.0. The van der Waals surface area contributed by atoms with Gasteiger partial charge in [0.2, 0.25) is 0 Å². The van der Waals surface area contributed by atoms with Crippen molar-refractivity contribution in [2.75, 3.05) is 6.61 Å². The van der Waals surface area contributed by atoms with E-state index in [1.54, 1.807) is 11.8 Å². The fourth-order valence-corrected chi connectivity index (χ4v) is 3.24. The highest BCUT2D eigenvalue weighted by molar-refractivity contribution is 8.00. The van der Waals surface area contributed by atoms with Crippen LogP contribution in [0, 0.1) is 0 Å². The zero-order valence-electron chi connectivity index (χ0n) is 12.0. The highest BCUT2D eigenvalue weighted by Crippen LogP contribution is 2.37. The minimum absolute atomic E-state index is 0.0713. The molecule has 0 aromatic heterocycles. The molecule has 0 saturated heterocycles. The molecule has 108 valence electrons. The molecule has 21 heavy (non-hydrogen) atoms. The third-order valence-electron chi connectivity index (χ3n) is 3.20. The Balaban J connectivity index is 2.24. The summed E-state index contributed by atoms with van der Waals surface area (Å²) in [7, 11) is 0. The summed E-state index contributed by atoms with van der Waals surface area (Å²) >= 11 is 1.67. The first-order valence-electron chi connectivity index (χ1n) is 6.98. The first-order valence-corrected chi connectivity index (χ1v) is 7.80. The Labute approximate surface area is 131 Å². The highest BCUT2D eigenvalue weighted by atomic mass is 32.2. The predicted molar refractivity (Wildman–Crippen MR) is 92.4 cm³/mol. The van der Waals surface area contributed by atoms with E-state index in [0.29, 0.717) is 6.42 Å². The van der Waals surface area contributed by atoms with Crippen molar-refractivity contribution < 1.29 is 5.11 Å². The Bertz CT molecular complexity index is 577. The topological polar surface area (TPSA) is 20.2 Å². The number of rotatable bonds is 7.